The largest absolute Gasteiger partial charge is 0.0654 e. The Balaban J connectivity index is 1.77. The zero-order chi connectivity index (χ0) is 12.8. The van der Waals surface area contributed by atoms with E-state index in [1.807, 2.05) is 0 Å². The monoisotopic (exact) mass is 308 g/mol. The fourth-order valence-electron chi connectivity index (χ4n) is 3.20. The van der Waals surface area contributed by atoms with Crippen LogP contribution in [-0.2, 0) is 0 Å². The normalized spacial score (nSPS) is 24.1. The molecule has 0 saturated heterocycles. The zero-order valence-electron chi connectivity index (χ0n) is 11.5. The van der Waals surface area contributed by atoms with Crippen molar-refractivity contribution < 1.29 is 0 Å². The number of rotatable bonds is 5. The van der Waals surface area contributed by atoms with Crippen LogP contribution in [0, 0.1) is 5.92 Å². The Kier molecular flexibility index (Phi) is 5.75. The van der Waals surface area contributed by atoms with Gasteiger partial charge in [0.05, 0.1) is 0 Å². The first-order chi connectivity index (χ1) is 8.79. The van der Waals surface area contributed by atoms with Gasteiger partial charge in [-0.1, -0.05) is 60.7 Å². The molecule has 2 rings (SSSR count). The van der Waals surface area contributed by atoms with Crippen molar-refractivity contribution in [3.05, 3.63) is 34.3 Å². The molecule has 0 bridgehead atoms. The summed E-state index contributed by atoms with van der Waals surface area (Å²) in [5.41, 5.74) is 1.55. The van der Waals surface area contributed by atoms with E-state index in [-0.39, 0.29) is 0 Å². The first-order valence-electron chi connectivity index (χ1n) is 7.55. The topological polar surface area (TPSA) is 0 Å². The molecule has 1 fully saturated rings. The molecule has 1 aliphatic carbocycles. The molecule has 0 amide bonds. The van der Waals surface area contributed by atoms with E-state index in [0.717, 1.165) is 11.8 Å². The van der Waals surface area contributed by atoms with Crippen molar-refractivity contribution in [3.8, 4) is 0 Å². The molecule has 18 heavy (non-hydrogen) atoms. The average Bonchev–Trinajstić information content (AvgIpc) is 2.41. The summed E-state index contributed by atoms with van der Waals surface area (Å²) in [4.78, 5) is 0. The molecular weight excluding hydrogens is 284 g/mol. The van der Waals surface area contributed by atoms with E-state index in [4.69, 9.17) is 0 Å². The fraction of sp³-hybridized carbons (Fsp3) is 0.647. The highest BCUT2D eigenvalue weighted by molar-refractivity contribution is 9.10. The van der Waals surface area contributed by atoms with Gasteiger partial charge < -0.3 is 0 Å². The molecule has 0 spiro atoms. The fourth-order valence-corrected chi connectivity index (χ4v) is 3.47. The van der Waals surface area contributed by atoms with Crippen LogP contribution in [0.1, 0.15) is 69.8 Å². The van der Waals surface area contributed by atoms with E-state index in [2.05, 4.69) is 47.1 Å². The van der Waals surface area contributed by atoms with Gasteiger partial charge in [0.25, 0.3) is 0 Å². The average molecular weight is 309 g/mol. The van der Waals surface area contributed by atoms with Gasteiger partial charge in [0.2, 0.25) is 0 Å². The smallest absolute Gasteiger partial charge is 0.0175 e. The van der Waals surface area contributed by atoms with Crippen molar-refractivity contribution in [2.75, 3.05) is 0 Å². The summed E-state index contributed by atoms with van der Waals surface area (Å²) >= 11 is 3.51. The second kappa shape index (κ2) is 7.33. The van der Waals surface area contributed by atoms with Gasteiger partial charge in [-0.2, -0.15) is 0 Å². The predicted octanol–water partition coefficient (Wildman–Crippen LogP) is 6.30. The third-order valence-corrected chi connectivity index (χ3v) is 4.93. The summed E-state index contributed by atoms with van der Waals surface area (Å²) in [5.74, 6) is 1.84. The zero-order valence-corrected chi connectivity index (χ0v) is 13.1. The van der Waals surface area contributed by atoms with Gasteiger partial charge in [0.15, 0.2) is 0 Å². The molecule has 1 aliphatic rings. The molecule has 0 radical (unpaired) electrons. The summed E-state index contributed by atoms with van der Waals surface area (Å²) in [5, 5.41) is 0. The second-order valence-electron chi connectivity index (χ2n) is 5.76. The maximum Gasteiger partial charge on any atom is 0.0175 e. The summed E-state index contributed by atoms with van der Waals surface area (Å²) in [6.07, 6.45) is 11.4. The van der Waals surface area contributed by atoms with Crippen LogP contribution < -0.4 is 0 Å². The predicted molar refractivity (Wildman–Crippen MR) is 83.0 cm³/mol. The quantitative estimate of drug-likeness (QED) is 0.560. The Hall–Kier alpha value is -0.300. The van der Waals surface area contributed by atoms with Crippen LogP contribution in [0.3, 0.4) is 0 Å². The summed E-state index contributed by atoms with van der Waals surface area (Å²) < 4.78 is 1.19. The van der Waals surface area contributed by atoms with Crippen molar-refractivity contribution in [1.82, 2.24) is 0 Å². The van der Waals surface area contributed by atoms with Gasteiger partial charge >= 0.3 is 0 Å². The lowest BCUT2D eigenvalue weighted by Gasteiger charge is -2.28. The van der Waals surface area contributed by atoms with E-state index in [9.17, 15) is 0 Å². The molecule has 1 aromatic carbocycles. The molecule has 0 N–H and O–H groups in total. The van der Waals surface area contributed by atoms with E-state index >= 15 is 0 Å². The van der Waals surface area contributed by atoms with Crippen molar-refractivity contribution in [1.29, 1.82) is 0 Å². The van der Waals surface area contributed by atoms with Gasteiger partial charge in [0, 0.05) is 4.47 Å². The molecule has 0 aromatic heterocycles. The minimum absolute atomic E-state index is 0.820. The van der Waals surface area contributed by atoms with Gasteiger partial charge in [-0.25, -0.2) is 0 Å². The maximum absolute atomic E-state index is 3.51. The molecule has 0 aliphatic heterocycles. The van der Waals surface area contributed by atoms with Gasteiger partial charge in [-0.15, -0.1) is 0 Å². The van der Waals surface area contributed by atoms with Gasteiger partial charge in [-0.05, 0) is 55.2 Å². The van der Waals surface area contributed by atoms with Crippen molar-refractivity contribution in [2.24, 2.45) is 5.92 Å². The van der Waals surface area contributed by atoms with Crippen LogP contribution in [0.15, 0.2) is 28.7 Å². The minimum atomic E-state index is 0.820. The Morgan fingerprint density at radius 3 is 2.28 bits per heavy atom. The van der Waals surface area contributed by atoms with E-state index in [1.165, 1.54) is 55.8 Å². The summed E-state index contributed by atoms with van der Waals surface area (Å²) in [7, 11) is 0. The molecular formula is C17H25Br. The van der Waals surface area contributed by atoms with E-state index < -0.39 is 0 Å². The first kappa shape index (κ1) is 14.1. The minimum Gasteiger partial charge on any atom is -0.0654 e. The molecule has 0 heterocycles. The number of benzene rings is 1. The van der Waals surface area contributed by atoms with E-state index in [0.29, 0.717) is 0 Å². The molecule has 1 saturated carbocycles. The van der Waals surface area contributed by atoms with Crippen LogP contribution in [0.2, 0.25) is 0 Å². The number of hydrogen-bond acceptors (Lipinski definition) is 0. The van der Waals surface area contributed by atoms with Crippen molar-refractivity contribution in [2.45, 2.75) is 64.2 Å². The summed E-state index contributed by atoms with van der Waals surface area (Å²) in [6.45, 7) is 2.30. The highest BCUT2D eigenvalue weighted by atomic mass is 79.9. The van der Waals surface area contributed by atoms with Crippen LogP contribution in [0.25, 0.3) is 0 Å². The molecule has 0 unspecified atom stereocenters. The molecule has 1 heteroatoms. The van der Waals surface area contributed by atoms with E-state index in [1.54, 1.807) is 5.56 Å². The highest BCUT2D eigenvalue weighted by Crippen LogP contribution is 2.37. The van der Waals surface area contributed by atoms with Crippen molar-refractivity contribution in [3.63, 3.8) is 0 Å². The third kappa shape index (κ3) is 4.12. The van der Waals surface area contributed by atoms with Crippen LogP contribution in [0.4, 0.5) is 0 Å². The van der Waals surface area contributed by atoms with Crippen molar-refractivity contribution >= 4 is 15.9 Å². The Morgan fingerprint density at radius 2 is 1.67 bits per heavy atom. The summed E-state index contributed by atoms with van der Waals surface area (Å²) in [6, 6.07) is 8.96. The first-order valence-corrected chi connectivity index (χ1v) is 8.34. The Morgan fingerprint density at radius 1 is 1.00 bits per heavy atom. The highest BCUT2D eigenvalue weighted by Gasteiger charge is 2.21. The SMILES string of the molecule is CCCCC[C@H]1CC[C@H](c2ccc(Br)cc2)CC1. The molecule has 0 nitrogen and oxygen atoms in total. The lowest BCUT2D eigenvalue weighted by Crippen LogP contribution is -2.13. The standard InChI is InChI=1S/C17H25Br/c1-2-3-4-5-14-6-8-15(9-7-14)16-10-12-17(18)13-11-16/h10-15H,2-9H2,1H3/t14-,15-. The maximum atomic E-state index is 3.51. The number of halogens is 1. The van der Waals surface area contributed by atoms with Crippen LogP contribution >= 0.6 is 15.9 Å². The molecule has 0 atom stereocenters. The lowest BCUT2D eigenvalue weighted by atomic mass is 9.77. The van der Waals surface area contributed by atoms with Gasteiger partial charge in [-0.3, -0.25) is 0 Å². The van der Waals surface area contributed by atoms with Gasteiger partial charge in [0.1, 0.15) is 0 Å². The van der Waals surface area contributed by atoms with Crippen LogP contribution in [-0.4, -0.2) is 0 Å². The number of unbranched alkanes of at least 4 members (excludes halogenated alkanes) is 2. The Labute approximate surface area is 120 Å². The lowest BCUT2D eigenvalue weighted by molar-refractivity contribution is 0.303. The second-order valence-corrected chi connectivity index (χ2v) is 6.68. The molecule has 1 aromatic rings. The molecule has 100 valence electrons. The number of hydrogen-bond donors (Lipinski definition) is 0. The Bertz CT molecular complexity index is 333. The van der Waals surface area contributed by atoms with Crippen LogP contribution in [0.5, 0.6) is 0 Å². The third-order valence-electron chi connectivity index (χ3n) is 4.40.